The van der Waals surface area contributed by atoms with E-state index in [4.69, 9.17) is 4.74 Å². The van der Waals surface area contributed by atoms with Crippen molar-refractivity contribution >= 4 is 10.9 Å². The fourth-order valence-electron chi connectivity index (χ4n) is 3.80. The van der Waals surface area contributed by atoms with Crippen LogP contribution in [0.25, 0.3) is 27.7 Å². The van der Waals surface area contributed by atoms with E-state index in [2.05, 4.69) is 0 Å². The van der Waals surface area contributed by atoms with Gasteiger partial charge in [0, 0.05) is 34.3 Å². The topological polar surface area (TPSA) is 51.5 Å². The highest BCUT2D eigenvalue weighted by atomic mass is 19.3. The van der Waals surface area contributed by atoms with Crippen LogP contribution in [0.5, 0.6) is 11.5 Å². The van der Waals surface area contributed by atoms with Crippen molar-refractivity contribution in [1.82, 2.24) is 4.57 Å². The molecule has 1 aromatic heterocycles. The van der Waals surface area contributed by atoms with Gasteiger partial charge in [0.1, 0.15) is 17.3 Å². The van der Waals surface area contributed by atoms with E-state index in [1.165, 1.54) is 49.1 Å². The Kier molecular flexibility index (Phi) is 5.19. The Morgan fingerprint density at radius 2 is 1.81 bits per heavy atom. The molecule has 0 unspecified atom stereocenters. The summed E-state index contributed by atoms with van der Waals surface area (Å²) in [5.41, 5.74) is 0.199. The minimum absolute atomic E-state index is 0.0342. The molecule has 4 rings (SSSR count). The highest BCUT2D eigenvalue weighted by Crippen LogP contribution is 2.45. The maximum absolute atomic E-state index is 14.0. The molecule has 0 radical (unpaired) electrons. The van der Waals surface area contributed by atoms with Gasteiger partial charge in [0.2, 0.25) is 0 Å². The van der Waals surface area contributed by atoms with E-state index in [9.17, 15) is 23.1 Å². The SMILES string of the molecule is COc1ccc(F)cc1-c1c(C)c(C(F)F)cc(-n2ccc(=O)c3ccccc32)c1O. The number of nitrogens with zero attached hydrogens (tertiary/aromatic N) is 1. The van der Waals surface area contributed by atoms with E-state index in [0.717, 1.165) is 6.07 Å². The lowest BCUT2D eigenvalue weighted by Gasteiger charge is -2.21. The van der Waals surface area contributed by atoms with Gasteiger partial charge in [0.15, 0.2) is 5.43 Å². The van der Waals surface area contributed by atoms with Gasteiger partial charge in [-0.05, 0) is 48.9 Å². The zero-order valence-electron chi connectivity index (χ0n) is 16.7. The van der Waals surface area contributed by atoms with Crippen LogP contribution in [0.1, 0.15) is 17.6 Å². The number of phenols is 1. The van der Waals surface area contributed by atoms with Crippen molar-refractivity contribution in [1.29, 1.82) is 0 Å². The van der Waals surface area contributed by atoms with Crippen LogP contribution in [0.2, 0.25) is 0 Å². The summed E-state index contributed by atoms with van der Waals surface area (Å²) in [4.78, 5) is 12.2. The average Bonchev–Trinajstić information content (AvgIpc) is 2.75. The van der Waals surface area contributed by atoms with Crippen LogP contribution in [0.4, 0.5) is 13.2 Å². The van der Waals surface area contributed by atoms with E-state index in [1.54, 1.807) is 24.3 Å². The predicted octanol–water partition coefficient (Wildman–Crippen LogP) is 5.76. The van der Waals surface area contributed by atoms with Gasteiger partial charge >= 0.3 is 0 Å². The third-order valence-electron chi connectivity index (χ3n) is 5.31. The molecule has 1 heterocycles. The molecular formula is C24H18F3NO3. The number of benzene rings is 3. The largest absolute Gasteiger partial charge is 0.505 e. The van der Waals surface area contributed by atoms with E-state index in [1.807, 2.05) is 0 Å². The molecule has 7 heteroatoms. The lowest BCUT2D eigenvalue weighted by atomic mass is 9.93. The van der Waals surface area contributed by atoms with Crippen LogP contribution in [-0.4, -0.2) is 16.8 Å². The molecular weight excluding hydrogens is 407 g/mol. The van der Waals surface area contributed by atoms with Crippen LogP contribution < -0.4 is 10.2 Å². The molecule has 0 atom stereocenters. The smallest absolute Gasteiger partial charge is 0.264 e. The number of ether oxygens (including phenoxy) is 1. The zero-order valence-corrected chi connectivity index (χ0v) is 16.7. The molecule has 158 valence electrons. The number of halogens is 3. The van der Waals surface area contributed by atoms with Crippen molar-refractivity contribution in [2.45, 2.75) is 13.3 Å². The Hall–Kier alpha value is -3.74. The minimum Gasteiger partial charge on any atom is -0.505 e. The molecule has 0 saturated carbocycles. The van der Waals surface area contributed by atoms with Gasteiger partial charge in [-0.3, -0.25) is 4.79 Å². The highest BCUT2D eigenvalue weighted by Gasteiger charge is 2.24. The zero-order chi connectivity index (χ0) is 22.3. The van der Waals surface area contributed by atoms with E-state index < -0.39 is 12.2 Å². The van der Waals surface area contributed by atoms with Crippen LogP contribution in [0.15, 0.2) is 65.6 Å². The molecule has 0 spiro atoms. The summed E-state index contributed by atoms with van der Waals surface area (Å²) in [6, 6.07) is 12.8. The van der Waals surface area contributed by atoms with Gasteiger partial charge in [-0.2, -0.15) is 0 Å². The van der Waals surface area contributed by atoms with Gasteiger partial charge in [-0.1, -0.05) is 12.1 Å². The molecule has 0 saturated heterocycles. The summed E-state index contributed by atoms with van der Waals surface area (Å²) in [7, 11) is 1.37. The fraction of sp³-hybridized carbons (Fsp3) is 0.125. The van der Waals surface area contributed by atoms with Gasteiger partial charge < -0.3 is 14.4 Å². The van der Waals surface area contributed by atoms with Crippen molar-refractivity contribution in [3.8, 4) is 28.3 Å². The fourth-order valence-corrected chi connectivity index (χ4v) is 3.80. The number of fused-ring (bicyclic) bond motifs is 1. The predicted molar refractivity (Wildman–Crippen MR) is 113 cm³/mol. The van der Waals surface area contributed by atoms with E-state index >= 15 is 0 Å². The number of methoxy groups -OCH3 is 1. The van der Waals surface area contributed by atoms with Crippen molar-refractivity contribution < 1.29 is 23.0 Å². The first-order chi connectivity index (χ1) is 14.8. The number of rotatable bonds is 4. The second kappa shape index (κ2) is 7.83. The molecule has 31 heavy (non-hydrogen) atoms. The normalized spacial score (nSPS) is 11.3. The monoisotopic (exact) mass is 425 g/mol. The van der Waals surface area contributed by atoms with Gasteiger partial charge in [0.05, 0.1) is 18.3 Å². The summed E-state index contributed by atoms with van der Waals surface area (Å²) in [6.45, 7) is 1.44. The quantitative estimate of drug-likeness (QED) is 0.453. The van der Waals surface area contributed by atoms with Crippen molar-refractivity contribution in [2.75, 3.05) is 7.11 Å². The summed E-state index contributed by atoms with van der Waals surface area (Å²) in [6.07, 6.45) is -1.43. The highest BCUT2D eigenvalue weighted by molar-refractivity contribution is 5.86. The molecule has 0 bridgehead atoms. The maximum Gasteiger partial charge on any atom is 0.264 e. The molecule has 3 aromatic carbocycles. The van der Waals surface area contributed by atoms with Crippen LogP contribution >= 0.6 is 0 Å². The van der Waals surface area contributed by atoms with E-state index in [-0.39, 0.29) is 44.9 Å². The molecule has 1 N–H and O–H groups in total. The Bertz CT molecular complexity index is 1360. The number of aromatic nitrogens is 1. The van der Waals surface area contributed by atoms with Crippen molar-refractivity contribution in [3.05, 3.63) is 88.0 Å². The number of para-hydroxylation sites is 1. The van der Waals surface area contributed by atoms with Crippen LogP contribution in [0.3, 0.4) is 0 Å². The molecule has 4 nitrogen and oxygen atoms in total. The minimum atomic E-state index is -2.84. The number of pyridine rings is 1. The number of aromatic hydroxyl groups is 1. The van der Waals surface area contributed by atoms with Crippen molar-refractivity contribution in [3.63, 3.8) is 0 Å². The standard InChI is InChI=1S/C24H18F3NO3/c1-13-16(24(26)27)12-19(28-10-9-20(29)15-5-3-4-6-18(15)28)23(30)22(13)17-11-14(25)7-8-21(17)31-2/h3-12,24,30H,1-2H3. The lowest BCUT2D eigenvalue weighted by molar-refractivity contribution is 0.150. The average molecular weight is 425 g/mol. The van der Waals surface area contributed by atoms with Gasteiger partial charge in [-0.25, -0.2) is 13.2 Å². The first-order valence-electron chi connectivity index (χ1n) is 9.42. The summed E-state index contributed by atoms with van der Waals surface area (Å²) < 4.78 is 48.7. The molecule has 4 aromatic rings. The molecule has 0 amide bonds. The maximum atomic E-state index is 14.0. The third-order valence-corrected chi connectivity index (χ3v) is 5.31. The third kappa shape index (κ3) is 3.42. The number of hydrogen-bond donors (Lipinski definition) is 1. The molecule has 0 aliphatic rings. The second-order valence-corrected chi connectivity index (χ2v) is 7.05. The Morgan fingerprint density at radius 3 is 2.52 bits per heavy atom. The molecule has 0 aliphatic carbocycles. The number of hydrogen-bond acceptors (Lipinski definition) is 3. The van der Waals surface area contributed by atoms with E-state index in [0.29, 0.717) is 10.9 Å². The molecule has 0 fully saturated rings. The summed E-state index contributed by atoms with van der Waals surface area (Å²) in [5.74, 6) is -0.714. The van der Waals surface area contributed by atoms with Crippen LogP contribution in [0, 0.1) is 12.7 Å². The second-order valence-electron chi connectivity index (χ2n) is 7.05. The first kappa shape index (κ1) is 20.5. The number of alkyl halides is 2. The summed E-state index contributed by atoms with van der Waals surface area (Å²) in [5, 5.41) is 11.6. The molecule has 0 aliphatic heterocycles. The van der Waals surface area contributed by atoms with Crippen LogP contribution in [-0.2, 0) is 0 Å². The lowest BCUT2D eigenvalue weighted by Crippen LogP contribution is -2.08. The number of phenolic OH excluding ortho intramolecular Hbond substituents is 1. The first-order valence-corrected chi connectivity index (χ1v) is 9.42. The Morgan fingerprint density at radius 1 is 1.06 bits per heavy atom. The van der Waals surface area contributed by atoms with Gasteiger partial charge in [-0.15, -0.1) is 0 Å². The Balaban J connectivity index is 2.13. The van der Waals surface area contributed by atoms with Crippen molar-refractivity contribution in [2.24, 2.45) is 0 Å². The summed E-state index contributed by atoms with van der Waals surface area (Å²) >= 11 is 0. The van der Waals surface area contributed by atoms with Gasteiger partial charge in [0.25, 0.3) is 6.43 Å². The Labute approximate surface area is 175 Å².